The molecule has 8 aromatic carbocycles. The van der Waals surface area contributed by atoms with Crippen LogP contribution in [0, 0.1) is 11.3 Å². The van der Waals surface area contributed by atoms with Gasteiger partial charge in [-0.25, -0.2) is 15.0 Å². The Kier molecular flexibility index (Phi) is 8.48. The number of aromatic nitrogens is 3. The first-order valence-electron chi connectivity index (χ1n) is 18.8. The third-order valence-corrected chi connectivity index (χ3v) is 10.4. The molecule has 0 N–H and O–H groups in total. The van der Waals surface area contributed by atoms with Gasteiger partial charge in [-0.05, 0) is 80.9 Å². The van der Waals surface area contributed by atoms with Crippen LogP contribution in [0.1, 0.15) is 5.56 Å². The van der Waals surface area contributed by atoms with Gasteiger partial charge in [0.05, 0.1) is 11.6 Å². The lowest BCUT2D eigenvalue weighted by atomic mass is 9.96. The zero-order chi connectivity index (χ0) is 38.1. The zero-order valence-corrected chi connectivity index (χ0v) is 30.7. The van der Waals surface area contributed by atoms with Gasteiger partial charge < -0.3 is 4.42 Å². The molecule has 2 aromatic heterocycles. The Labute approximate surface area is 329 Å². The van der Waals surface area contributed by atoms with Crippen LogP contribution in [0.15, 0.2) is 199 Å². The predicted molar refractivity (Wildman–Crippen MR) is 230 cm³/mol. The second-order valence-electron chi connectivity index (χ2n) is 14.0. The maximum Gasteiger partial charge on any atom is 0.164 e. The van der Waals surface area contributed by atoms with Gasteiger partial charge in [0.1, 0.15) is 11.2 Å². The van der Waals surface area contributed by atoms with E-state index in [-0.39, 0.29) is 0 Å². The summed E-state index contributed by atoms with van der Waals surface area (Å²) in [5.41, 5.74) is 13.5. The van der Waals surface area contributed by atoms with Gasteiger partial charge in [-0.15, -0.1) is 0 Å². The van der Waals surface area contributed by atoms with Crippen molar-refractivity contribution in [1.82, 2.24) is 15.0 Å². The Hall–Kier alpha value is -7.94. The summed E-state index contributed by atoms with van der Waals surface area (Å²) in [6.07, 6.45) is 0. The molecule has 0 spiro atoms. The first-order valence-corrected chi connectivity index (χ1v) is 18.8. The van der Waals surface area contributed by atoms with Gasteiger partial charge in [-0.2, -0.15) is 5.26 Å². The molecule has 0 atom stereocenters. The van der Waals surface area contributed by atoms with E-state index < -0.39 is 0 Å². The summed E-state index contributed by atoms with van der Waals surface area (Å²) in [7, 11) is 0. The fourth-order valence-electron chi connectivity index (χ4n) is 7.49. The van der Waals surface area contributed by atoms with E-state index in [0.29, 0.717) is 23.0 Å². The van der Waals surface area contributed by atoms with E-state index in [4.69, 9.17) is 19.4 Å². The van der Waals surface area contributed by atoms with Gasteiger partial charge in [0.2, 0.25) is 0 Å². The van der Waals surface area contributed by atoms with Gasteiger partial charge >= 0.3 is 0 Å². The number of hydrogen-bond acceptors (Lipinski definition) is 5. The van der Waals surface area contributed by atoms with Crippen molar-refractivity contribution in [3.8, 4) is 84.7 Å². The van der Waals surface area contributed by atoms with Crippen LogP contribution in [-0.4, -0.2) is 15.0 Å². The molecule has 0 aliphatic carbocycles. The van der Waals surface area contributed by atoms with Crippen LogP contribution >= 0.6 is 0 Å². The molecule has 5 heteroatoms. The third kappa shape index (κ3) is 6.52. The molecule has 266 valence electrons. The lowest BCUT2D eigenvalue weighted by molar-refractivity contribution is 0.669. The van der Waals surface area contributed by atoms with Gasteiger partial charge in [-0.1, -0.05) is 158 Å². The van der Waals surface area contributed by atoms with E-state index in [2.05, 4.69) is 115 Å². The highest BCUT2D eigenvalue weighted by molar-refractivity contribution is 6.13. The van der Waals surface area contributed by atoms with Crippen molar-refractivity contribution >= 4 is 21.9 Å². The number of rotatable bonds is 7. The Morgan fingerprint density at radius 3 is 1.47 bits per heavy atom. The minimum absolute atomic E-state index is 0.540. The molecule has 0 aliphatic rings. The van der Waals surface area contributed by atoms with E-state index in [1.165, 1.54) is 11.1 Å². The second kappa shape index (κ2) is 14.4. The summed E-state index contributed by atoms with van der Waals surface area (Å²) in [6, 6.07) is 68.2. The minimum atomic E-state index is 0.540. The first kappa shape index (κ1) is 33.6. The van der Waals surface area contributed by atoms with Gasteiger partial charge in [0.15, 0.2) is 17.5 Å². The molecule has 0 aliphatic heterocycles. The zero-order valence-electron chi connectivity index (χ0n) is 30.7. The van der Waals surface area contributed by atoms with Crippen molar-refractivity contribution in [3.63, 3.8) is 0 Å². The predicted octanol–water partition coefficient (Wildman–Crippen LogP) is 13.3. The van der Waals surface area contributed by atoms with Crippen molar-refractivity contribution < 1.29 is 4.42 Å². The van der Waals surface area contributed by atoms with Gasteiger partial charge in [0, 0.05) is 27.5 Å². The molecule has 10 aromatic rings. The fraction of sp³-hybridized carbons (Fsp3) is 0. The molecule has 0 fully saturated rings. The van der Waals surface area contributed by atoms with E-state index in [0.717, 1.165) is 72.0 Å². The van der Waals surface area contributed by atoms with Crippen LogP contribution in [0.3, 0.4) is 0 Å². The molecule has 0 saturated carbocycles. The van der Waals surface area contributed by atoms with Crippen LogP contribution in [0.25, 0.3) is 101 Å². The normalized spacial score (nSPS) is 11.1. The summed E-state index contributed by atoms with van der Waals surface area (Å²) >= 11 is 0. The SMILES string of the molecule is N#Cc1cccc(-c2cccc(-c3nc(-c4ccc(-c5ccccc5)cc4)nc(-c4ccc5c(c4)oc4cccc(-c6ccc(-c7ccccc7)cc6)c45)n3)c2)c1. The maximum absolute atomic E-state index is 9.54. The van der Waals surface area contributed by atoms with Crippen molar-refractivity contribution in [2.45, 2.75) is 0 Å². The number of hydrogen-bond donors (Lipinski definition) is 0. The van der Waals surface area contributed by atoms with Crippen molar-refractivity contribution in [3.05, 3.63) is 200 Å². The van der Waals surface area contributed by atoms with Crippen LogP contribution in [-0.2, 0) is 0 Å². The molecule has 0 amide bonds. The largest absolute Gasteiger partial charge is 0.456 e. The monoisotopic (exact) mass is 728 g/mol. The van der Waals surface area contributed by atoms with Crippen molar-refractivity contribution in [2.75, 3.05) is 0 Å². The first-order chi connectivity index (χ1) is 28.2. The summed E-state index contributed by atoms with van der Waals surface area (Å²) < 4.78 is 6.54. The number of nitrogens with zero attached hydrogens (tertiary/aromatic N) is 4. The average molecular weight is 729 g/mol. The molecule has 5 nitrogen and oxygen atoms in total. The summed E-state index contributed by atoms with van der Waals surface area (Å²) in [5.74, 6) is 1.65. The molecule has 0 unspecified atom stereocenters. The van der Waals surface area contributed by atoms with Crippen LogP contribution in [0.4, 0.5) is 0 Å². The number of nitriles is 1. The van der Waals surface area contributed by atoms with Crippen molar-refractivity contribution in [2.24, 2.45) is 0 Å². The molecular formula is C52H32N4O. The minimum Gasteiger partial charge on any atom is -0.456 e. The highest BCUT2D eigenvalue weighted by Gasteiger charge is 2.17. The average Bonchev–Trinajstić information content (AvgIpc) is 3.68. The highest BCUT2D eigenvalue weighted by atomic mass is 16.3. The van der Waals surface area contributed by atoms with E-state index >= 15 is 0 Å². The van der Waals surface area contributed by atoms with Crippen LogP contribution < -0.4 is 0 Å². The highest BCUT2D eigenvalue weighted by Crippen LogP contribution is 2.39. The smallest absolute Gasteiger partial charge is 0.164 e. The molecular weight excluding hydrogens is 697 g/mol. The Bertz CT molecular complexity index is 3110. The number of benzene rings is 8. The molecule has 2 heterocycles. The van der Waals surface area contributed by atoms with Crippen LogP contribution in [0.2, 0.25) is 0 Å². The molecule has 0 radical (unpaired) electrons. The molecule has 10 rings (SSSR count). The lowest BCUT2D eigenvalue weighted by Crippen LogP contribution is -2.00. The summed E-state index contributed by atoms with van der Waals surface area (Å²) in [6.45, 7) is 0. The maximum atomic E-state index is 9.54. The molecule has 0 bridgehead atoms. The van der Waals surface area contributed by atoms with Crippen LogP contribution in [0.5, 0.6) is 0 Å². The molecule has 57 heavy (non-hydrogen) atoms. The quantitative estimate of drug-likeness (QED) is 0.163. The van der Waals surface area contributed by atoms with Gasteiger partial charge in [-0.3, -0.25) is 0 Å². The fourth-order valence-corrected chi connectivity index (χ4v) is 7.49. The van der Waals surface area contributed by atoms with E-state index in [1.807, 2.05) is 84.9 Å². The topological polar surface area (TPSA) is 75.6 Å². The number of fused-ring (bicyclic) bond motifs is 3. The Morgan fingerprint density at radius 1 is 0.351 bits per heavy atom. The number of furan rings is 1. The third-order valence-electron chi connectivity index (χ3n) is 10.4. The van der Waals surface area contributed by atoms with Gasteiger partial charge in [0.25, 0.3) is 0 Å². The van der Waals surface area contributed by atoms with E-state index in [1.54, 1.807) is 0 Å². The van der Waals surface area contributed by atoms with Crippen molar-refractivity contribution in [1.29, 1.82) is 5.26 Å². The second-order valence-corrected chi connectivity index (χ2v) is 14.0. The summed E-state index contributed by atoms with van der Waals surface area (Å²) in [4.78, 5) is 15.2. The lowest BCUT2D eigenvalue weighted by Gasteiger charge is -2.10. The van der Waals surface area contributed by atoms with E-state index in [9.17, 15) is 5.26 Å². The summed E-state index contributed by atoms with van der Waals surface area (Å²) in [5, 5.41) is 11.6. The Morgan fingerprint density at radius 2 is 0.825 bits per heavy atom. The standard InChI is InChI=1S/C52H32N4O/c53-33-34-10-7-15-41(30-34)42-16-8-17-43(31-42)51-54-50(40-26-22-38(23-27-40)36-13-5-2-6-14-36)55-52(56-51)44-28-29-46-48(32-44)57-47-19-9-18-45(49(46)47)39-24-20-37(21-25-39)35-11-3-1-4-12-35/h1-32H. The Balaban J connectivity index is 1.07. The molecule has 0 saturated heterocycles.